The molecule has 2 aromatic heterocycles. The van der Waals surface area contributed by atoms with Crippen LogP contribution in [0.15, 0.2) is 42.7 Å². The number of phenols is 1. The highest BCUT2D eigenvalue weighted by Crippen LogP contribution is 2.39. The summed E-state index contributed by atoms with van der Waals surface area (Å²) < 4.78 is 11.0. The van der Waals surface area contributed by atoms with Crippen LogP contribution in [-0.4, -0.2) is 26.5 Å². The summed E-state index contributed by atoms with van der Waals surface area (Å²) in [6, 6.07) is 4.96. The number of aromatic hydroxyl groups is 2. The smallest absolute Gasteiger partial charge is 0.339 e. The molecule has 2 atom stereocenters. The lowest BCUT2D eigenvalue weighted by molar-refractivity contribution is -0.0345. The molecule has 2 unspecified atom stereocenters. The Morgan fingerprint density at radius 1 is 1.09 bits per heavy atom. The largest absolute Gasteiger partial charge is 0.508 e. The van der Waals surface area contributed by atoms with Crippen LogP contribution in [-0.2, 0) is 24.9 Å². The highest BCUT2D eigenvalue weighted by Gasteiger charge is 2.43. The molecule has 8 nitrogen and oxygen atoms in total. The van der Waals surface area contributed by atoms with Crippen LogP contribution in [0.1, 0.15) is 49.3 Å². The molecular formula is C24H26O8. The van der Waals surface area contributed by atoms with E-state index in [2.05, 4.69) is 13.8 Å². The Morgan fingerprint density at radius 2 is 1.81 bits per heavy atom. The summed E-state index contributed by atoms with van der Waals surface area (Å²) in [6.07, 6.45) is -0.147. The number of fused-ring (bicyclic) bond motifs is 2. The van der Waals surface area contributed by atoms with Crippen LogP contribution in [0.2, 0.25) is 0 Å². The van der Waals surface area contributed by atoms with Crippen molar-refractivity contribution in [2.75, 3.05) is 0 Å². The quantitative estimate of drug-likeness (QED) is 0.472. The Balaban J connectivity index is 1.92. The third-order valence-electron chi connectivity index (χ3n) is 5.86. The number of hydrogen-bond donors (Lipinski definition) is 4. The summed E-state index contributed by atoms with van der Waals surface area (Å²) in [5.74, 6) is 0.105. The molecule has 170 valence electrons. The van der Waals surface area contributed by atoms with Crippen molar-refractivity contribution < 1.29 is 29.3 Å². The molecule has 0 spiro atoms. The van der Waals surface area contributed by atoms with Crippen LogP contribution >= 0.6 is 0 Å². The van der Waals surface area contributed by atoms with Gasteiger partial charge in [0.25, 0.3) is 0 Å². The zero-order chi connectivity index (χ0) is 23.2. The normalized spacial score (nSPS) is 20.6. The van der Waals surface area contributed by atoms with Gasteiger partial charge in [-0.25, -0.2) is 4.79 Å². The van der Waals surface area contributed by atoms with Gasteiger partial charge in [-0.2, -0.15) is 0 Å². The molecule has 0 radical (unpaired) electrons. The average Bonchev–Trinajstić information content (AvgIpc) is 2.63. The number of phenolic OH excluding ortho intramolecular Hbond substituents is 1. The third-order valence-corrected chi connectivity index (χ3v) is 5.86. The maximum atomic E-state index is 13.7. The molecule has 1 aromatic carbocycles. The predicted molar refractivity (Wildman–Crippen MR) is 116 cm³/mol. The number of hydrogen-bond acceptors (Lipinski definition) is 8. The lowest BCUT2D eigenvalue weighted by atomic mass is 9.77. The Labute approximate surface area is 183 Å². The number of rotatable bonds is 5. The van der Waals surface area contributed by atoms with Crippen molar-refractivity contribution in [3.8, 4) is 11.5 Å². The van der Waals surface area contributed by atoms with E-state index in [1.54, 1.807) is 0 Å². The summed E-state index contributed by atoms with van der Waals surface area (Å²) in [4.78, 5) is 25.3. The first-order valence-corrected chi connectivity index (χ1v) is 10.6. The fourth-order valence-electron chi connectivity index (χ4n) is 4.52. The standard InChI is InChI=1S/C24H26O8/c1-12(2)3-4-13-5-14(25)7-18-21(13)23(29)22-19(32-18)8-16(27)10-24(22,30)11-17-6-15(26)9-20(28)31-17/h5-7,9,12,16,25-27,30H,3-4,8,10-11H2,1-2H3. The van der Waals surface area contributed by atoms with Crippen molar-refractivity contribution in [3.63, 3.8) is 0 Å². The molecule has 2 heterocycles. The first kappa shape index (κ1) is 22.1. The fourth-order valence-corrected chi connectivity index (χ4v) is 4.52. The van der Waals surface area contributed by atoms with Crippen molar-refractivity contribution in [1.29, 1.82) is 0 Å². The molecule has 0 amide bonds. The van der Waals surface area contributed by atoms with E-state index in [1.807, 2.05) is 0 Å². The van der Waals surface area contributed by atoms with E-state index in [9.17, 15) is 30.0 Å². The molecule has 1 aliphatic carbocycles. The molecule has 0 bridgehead atoms. The number of benzene rings is 1. The van der Waals surface area contributed by atoms with Gasteiger partial charge in [-0.15, -0.1) is 0 Å². The molecule has 0 saturated carbocycles. The minimum Gasteiger partial charge on any atom is -0.508 e. The van der Waals surface area contributed by atoms with Gasteiger partial charge in [0.15, 0.2) is 5.43 Å². The van der Waals surface area contributed by atoms with Gasteiger partial charge in [-0.3, -0.25) is 4.79 Å². The van der Waals surface area contributed by atoms with Gasteiger partial charge in [-0.05, 0) is 30.4 Å². The highest BCUT2D eigenvalue weighted by molar-refractivity contribution is 5.83. The second kappa shape index (κ2) is 8.11. The van der Waals surface area contributed by atoms with E-state index < -0.39 is 22.8 Å². The number of aryl methyl sites for hydroxylation is 1. The summed E-state index contributed by atoms with van der Waals surface area (Å²) in [5, 5.41) is 42.0. The van der Waals surface area contributed by atoms with Crippen molar-refractivity contribution in [2.24, 2.45) is 5.92 Å². The van der Waals surface area contributed by atoms with E-state index in [0.29, 0.717) is 17.9 Å². The van der Waals surface area contributed by atoms with Crippen LogP contribution in [0, 0.1) is 5.92 Å². The maximum absolute atomic E-state index is 13.7. The molecule has 0 saturated heterocycles. The van der Waals surface area contributed by atoms with E-state index in [4.69, 9.17) is 8.83 Å². The first-order valence-electron chi connectivity index (χ1n) is 10.6. The number of aliphatic hydroxyl groups excluding tert-OH is 1. The van der Waals surface area contributed by atoms with E-state index in [1.165, 1.54) is 18.2 Å². The van der Waals surface area contributed by atoms with E-state index in [0.717, 1.165) is 12.5 Å². The first-order chi connectivity index (χ1) is 15.1. The lowest BCUT2D eigenvalue weighted by Crippen LogP contribution is -2.43. The Hall–Kier alpha value is -3.10. The van der Waals surface area contributed by atoms with Crippen LogP contribution in [0.4, 0.5) is 0 Å². The predicted octanol–water partition coefficient (Wildman–Crippen LogP) is 2.48. The molecular weight excluding hydrogens is 416 g/mol. The molecule has 4 rings (SSSR count). The zero-order valence-corrected chi connectivity index (χ0v) is 17.9. The van der Waals surface area contributed by atoms with Gasteiger partial charge in [0.2, 0.25) is 0 Å². The van der Waals surface area contributed by atoms with Crippen LogP contribution in [0.5, 0.6) is 11.5 Å². The summed E-state index contributed by atoms with van der Waals surface area (Å²) in [6.45, 7) is 4.11. The minimum absolute atomic E-state index is 0.00206. The highest BCUT2D eigenvalue weighted by atomic mass is 16.4. The van der Waals surface area contributed by atoms with Crippen molar-refractivity contribution in [1.82, 2.24) is 0 Å². The summed E-state index contributed by atoms with van der Waals surface area (Å²) >= 11 is 0. The Kier molecular flexibility index (Phi) is 5.60. The second-order valence-electron chi connectivity index (χ2n) is 9.01. The van der Waals surface area contributed by atoms with E-state index in [-0.39, 0.29) is 58.8 Å². The summed E-state index contributed by atoms with van der Waals surface area (Å²) in [5.41, 5.74) is -2.32. The zero-order valence-electron chi connectivity index (χ0n) is 17.9. The minimum atomic E-state index is -1.88. The topological polar surface area (TPSA) is 141 Å². The SMILES string of the molecule is CC(C)CCc1cc(O)cc2oc3c(c(=O)c12)C(O)(Cc1cc(O)cc(=O)o1)CC(O)C3. The summed E-state index contributed by atoms with van der Waals surface area (Å²) in [7, 11) is 0. The van der Waals surface area contributed by atoms with Crippen LogP contribution in [0.25, 0.3) is 11.0 Å². The van der Waals surface area contributed by atoms with Gasteiger partial charge < -0.3 is 29.3 Å². The molecule has 0 aliphatic heterocycles. The molecule has 4 N–H and O–H groups in total. The van der Waals surface area contributed by atoms with Gasteiger partial charge in [0, 0.05) is 31.4 Å². The molecule has 0 fully saturated rings. The number of aliphatic hydroxyl groups is 2. The van der Waals surface area contributed by atoms with Crippen molar-refractivity contribution in [2.45, 2.75) is 57.7 Å². The molecule has 1 aliphatic rings. The van der Waals surface area contributed by atoms with Crippen LogP contribution in [0.3, 0.4) is 0 Å². The fraction of sp³-hybridized carbons (Fsp3) is 0.417. The van der Waals surface area contributed by atoms with Gasteiger partial charge in [0.1, 0.15) is 34.2 Å². The lowest BCUT2D eigenvalue weighted by Gasteiger charge is -2.35. The van der Waals surface area contributed by atoms with Crippen molar-refractivity contribution >= 4 is 11.0 Å². The van der Waals surface area contributed by atoms with Crippen molar-refractivity contribution in [3.05, 3.63) is 67.6 Å². The third kappa shape index (κ3) is 4.16. The second-order valence-corrected chi connectivity index (χ2v) is 9.01. The maximum Gasteiger partial charge on any atom is 0.339 e. The van der Waals surface area contributed by atoms with Crippen LogP contribution < -0.4 is 11.1 Å². The van der Waals surface area contributed by atoms with Gasteiger partial charge in [-0.1, -0.05) is 13.8 Å². The van der Waals surface area contributed by atoms with Gasteiger partial charge >= 0.3 is 5.63 Å². The molecule has 3 aromatic rings. The average molecular weight is 442 g/mol. The molecule has 32 heavy (non-hydrogen) atoms. The van der Waals surface area contributed by atoms with E-state index >= 15 is 0 Å². The van der Waals surface area contributed by atoms with Gasteiger partial charge in [0.05, 0.1) is 23.1 Å². The Bertz CT molecular complexity index is 1290. The monoisotopic (exact) mass is 442 g/mol. The molecule has 8 heteroatoms. The Morgan fingerprint density at radius 3 is 2.50 bits per heavy atom.